The largest absolute Gasteiger partial charge is 0.481 e. The molecule has 4 atom stereocenters. The van der Waals surface area contributed by atoms with E-state index in [1.165, 1.54) is 0 Å². The summed E-state index contributed by atoms with van der Waals surface area (Å²) in [5.41, 5.74) is 16.3. The number of carbonyl (C=O) groups is 6. The molecule has 0 radical (unpaired) electrons. The number of carbonyl (C=O) groups excluding carboxylic acids is 4. The van der Waals surface area contributed by atoms with Gasteiger partial charge < -0.3 is 43.4 Å². The summed E-state index contributed by atoms with van der Waals surface area (Å²) >= 11 is 0. The van der Waals surface area contributed by atoms with Gasteiger partial charge in [-0.05, 0) is 44.6 Å². The second-order valence-electron chi connectivity index (χ2n) is 8.51. The molecule has 0 aromatic rings. The van der Waals surface area contributed by atoms with Crippen LogP contribution in [0.2, 0.25) is 0 Å². The summed E-state index contributed by atoms with van der Waals surface area (Å²) in [6, 6.07) is -4.86. The van der Waals surface area contributed by atoms with Crippen molar-refractivity contribution in [1.29, 1.82) is 0 Å². The van der Waals surface area contributed by atoms with Gasteiger partial charge in [0.2, 0.25) is 23.6 Å². The Balaban J connectivity index is 5.59. The van der Waals surface area contributed by atoms with Gasteiger partial charge in [-0.3, -0.25) is 24.0 Å². The van der Waals surface area contributed by atoms with Crippen LogP contribution < -0.4 is 33.2 Å². The van der Waals surface area contributed by atoms with E-state index in [1.807, 2.05) is 0 Å². The minimum Gasteiger partial charge on any atom is -0.481 e. The number of aliphatic carboxylic acids is 2. The van der Waals surface area contributed by atoms with Crippen LogP contribution in [-0.4, -0.2) is 76.5 Å². The molecule has 0 aromatic carbocycles. The van der Waals surface area contributed by atoms with Crippen molar-refractivity contribution in [3.63, 3.8) is 0 Å². The standard InChI is InChI=1S/C21H38N6O8/c1-11(2)17(24)20(33)26-13(7-9-16(29)30)19(32)25-12(5-3-4-10-22)18(31)27-14(21(34)35)6-8-15(23)28/h11-14,17H,3-10,22,24H2,1-2H3,(H2,23,28)(H,25,32)(H,26,33)(H,27,31)(H,29,30)(H,34,35). The topological polar surface area (TPSA) is 257 Å². The fraction of sp³-hybridized carbons (Fsp3) is 0.714. The van der Waals surface area contributed by atoms with Gasteiger partial charge in [0, 0.05) is 12.8 Å². The number of nitrogens with two attached hydrogens (primary N) is 3. The molecule has 0 saturated heterocycles. The fourth-order valence-corrected chi connectivity index (χ4v) is 2.96. The summed E-state index contributed by atoms with van der Waals surface area (Å²) < 4.78 is 0. The molecule has 4 unspecified atom stereocenters. The minimum absolute atomic E-state index is 0.0992. The Labute approximate surface area is 203 Å². The molecule has 0 saturated carbocycles. The van der Waals surface area contributed by atoms with E-state index in [1.54, 1.807) is 13.8 Å². The third-order valence-corrected chi connectivity index (χ3v) is 5.17. The minimum atomic E-state index is -1.42. The Morgan fingerprint density at radius 2 is 1.23 bits per heavy atom. The Hall–Kier alpha value is -3.26. The van der Waals surface area contributed by atoms with E-state index in [0.717, 1.165) is 0 Å². The first-order valence-corrected chi connectivity index (χ1v) is 11.4. The average Bonchev–Trinajstić information content (AvgIpc) is 2.77. The zero-order chi connectivity index (χ0) is 27.1. The zero-order valence-electron chi connectivity index (χ0n) is 20.1. The number of carboxylic acids is 2. The highest BCUT2D eigenvalue weighted by atomic mass is 16.4. The molecule has 0 aliphatic carbocycles. The van der Waals surface area contributed by atoms with Gasteiger partial charge in [0.15, 0.2) is 0 Å². The maximum Gasteiger partial charge on any atom is 0.326 e. The summed E-state index contributed by atoms with van der Waals surface area (Å²) in [6.45, 7) is 3.72. The SMILES string of the molecule is CC(C)C(N)C(=O)NC(CCC(=O)O)C(=O)NC(CCCCN)C(=O)NC(CCC(N)=O)C(=O)O. The van der Waals surface area contributed by atoms with Crippen LogP contribution in [0.4, 0.5) is 0 Å². The van der Waals surface area contributed by atoms with Gasteiger partial charge in [0.05, 0.1) is 6.04 Å². The molecular formula is C21H38N6O8. The summed E-state index contributed by atoms with van der Waals surface area (Å²) in [6.07, 6.45) is -0.184. The molecule has 0 bridgehead atoms. The molecule has 0 aromatic heterocycles. The van der Waals surface area contributed by atoms with Crippen LogP contribution in [-0.2, 0) is 28.8 Å². The number of primary amides is 1. The molecule has 4 amide bonds. The fourth-order valence-electron chi connectivity index (χ4n) is 2.96. The van der Waals surface area contributed by atoms with Crippen LogP contribution >= 0.6 is 0 Å². The van der Waals surface area contributed by atoms with Crippen LogP contribution in [0.3, 0.4) is 0 Å². The molecule has 200 valence electrons. The third-order valence-electron chi connectivity index (χ3n) is 5.17. The van der Waals surface area contributed by atoms with Gasteiger partial charge in [0.1, 0.15) is 18.1 Å². The maximum absolute atomic E-state index is 12.9. The lowest BCUT2D eigenvalue weighted by Gasteiger charge is -2.25. The Morgan fingerprint density at radius 1 is 0.743 bits per heavy atom. The summed E-state index contributed by atoms with van der Waals surface area (Å²) in [4.78, 5) is 71.6. The zero-order valence-corrected chi connectivity index (χ0v) is 20.1. The normalized spacial score (nSPS) is 14.3. The van der Waals surface area contributed by atoms with E-state index in [-0.39, 0.29) is 31.6 Å². The number of rotatable bonds is 18. The maximum atomic E-state index is 12.9. The number of hydrogen-bond acceptors (Lipinski definition) is 8. The first kappa shape index (κ1) is 31.7. The molecule has 0 heterocycles. The van der Waals surface area contributed by atoms with Crippen molar-refractivity contribution in [2.24, 2.45) is 23.1 Å². The third kappa shape index (κ3) is 13.3. The summed E-state index contributed by atoms with van der Waals surface area (Å²) in [5.74, 6) is -5.88. The number of amides is 4. The quantitative estimate of drug-likeness (QED) is 0.0935. The second kappa shape index (κ2) is 16.4. The second-order valence-corrected chi connectivity index (χ2v) is 8.51. The first-order chi connectivity index (χ1) is 16.3. The molecule has 0 rings (SSSR count). The smallest absolute Gasteiger partial charge is 0.326 e. The molecule has 14 heteroatoms. The predicted molar refractivity (Wildman–Crippen MR) is 124 cm³/mol. The molecule has 14 nitrogen and oxygen atoms in total. The van der Waals surface area contributed by atoms with Crippen molar-refractivity contribution in [2.45, 2.75) is 83.0 Å². The van der Waals surface area contributed by atoms with E-state index < -0.39 is 66.2 Å². The molecule has 0 spiro atoms. The van der Waals surface area contributed by atoms with Crippen molar-refractivity contribution in [2.75, 3.05) is 6.54 Å². The molecule has 0 aliphatic heterocycles. The highest BCUT2D eigenvalue weighted by molar-refractivity contribution is 5.94. The van der Waals surface area contributed by atoms with Crippen LogP contribution in [0.1, 0.15) is 58.8 Å². The van der Waals surface area contributed by atoms with E-state index in [0.29, 0.717) is 19.4 Å². The Kier molecular flexibility index (Phi) is 14.9. The highest BCUT2D eigenvalue weighted by Gasteiger charge is 2.31. The predicted octanol–water partition coefficient (Wildman–Crippen LogP) is -2.23. The van der Waals surface area contributed by atoms with Crippen LogP contribution in [0, 0.1) is 5.92 Å². The number of unbranched alkanes of at least 4 members (excludes halogenated alkanes) is 1. The van der Waals surface area contributed by atoms with Crippen LogP contribution in [0.5, 0.6) is 0 Å². The highest BCUT2D eigenvalue weighted by Crippen LogP contribution is 2.07. The van der Waals surface area contributed by atoms with E-state index in [2.05, 4.69) is 16.0 Å². The molecular weight excluding hydrogens is 464 g/mol. The number of carboxylic acid groups (broad SMARTS) is 2. The molecule has 35 heavy (non-hydrogen) atoms. The first-order valence-electron chi connectivity index (χ1n) is 11.4. The lowest BCUT2D eigenvalue weighted by molar-refractivity contribution is -0.142. The molecule has 0 aliphatic rings. The van der Waals surface area contributed by atoms with Crippen molar-refractivity contribution < 1.29 is 39.0 Å². The lowest BCUT2D eigenvalue weighted by atomic mass is 10.0. The van der Waals surface area contributed by atoms with Gasteiger partial charge in [-0.1, -0.05) is 13.8 Å². The van der Waals surface area contributed by atoms with E-state index in [4.69, 9.17) is 22.3 Å². The van der Waals surface area contributed by atoms with Crippen molar-refractivity contribution in [3.05, 3.63) is 0 Å². The van der Waals surface area contributed by atoms with Crippen LogP contribution in [0.15, 0.2) is 0 Å². The van der Waals surface area contributed by atoms with Crippen molar-refractivity contribution >= 4 is 35.6 Å². The van der Waals surface area contributed by atoms with Crippen LogP contribution in [0.25, 0.3) is 0 Å². The van der Waals surface area contributed by atoms with Gasteiger partial charge >= 0.3 is 11.9 Å². The van der Waals surface area contributed by atoms with E-state index in [9.17, 15) is 33.9 Å². The van der Waals surface area contributed by atoms with Crippen molar-refractivity contribution in [3.8, 4) is 0 Å². The average molecular weight is 503 g/mol. The van der Waals surface area contributed by atoms with Crippen molar-refractivity contribution in [1.82, 2.24) is 16.0 Å². The molecule has 0 fully saturated rings. The Bertz CT molecular complexity index is 760. The number of nitrogens with one attached hydrogen (secondary N) is 3. The summed E-state index contributed by atoms with van der Waals surface area (Å²) in [5, 5.41) is 25.5. The molecule has 11 N–H and O–H groups in total. The van der Waals surface area contributed by atoms with Gasteiger partial charge in [-0.2, -0.15) is 0 Å². The van der Waals surface area contributed by atoms with E-state index >= 15 is 0 Å². The lowest BCUT2D eigenvalue weighted by Crippen LogP contribution is -2.57. The monoisotopic (exact) mass is 502 g/mol. The number of hydrogen-bond donors (Lipinski definition) is 8. The van der Waals surface area contributed by atoms with Gasteiger partial charge in [-0.15, -0.1) is 0 Å². The Morgan fingerprint density at radius 3 is 1.69 bits per heavy atom. The van der Waals surface area contributed by atoms with Gasteiger partial charge in [0.25, 0.3) is 0 Å². The van der Waals surface area contributed by atoms with Gasteiger partial charge in [-0.25, -0.2) is 4.79 Å². The summed E-state index contributed by atoms with van der Waals surface area (Å²) in [7, 11) is 0.